The van der Waals surface area contributed by atoms with E-state index in [1.165, 1.54) is 0 Å². The molecular formula is C15H8BF2NO. The highest BCUT2D eigenvalue weighted by atomic mass is 19.1. The number of H-pyrrole nitrogens is 1. The first-order valence-electron chi connectivity index (χ1n) is 5.92. The lowest BCUT2D eigenvalue weighted by atomic mass is 9.94. The zero-order valence-electron chi connectivity index (χ0n) is 10.3. The second-order valence-corrected chi connectivity index (χ2v) is 4.46. The van der Waals surface area contributed by atoms with Crippen LogP contribution in [0.4, 0.5) is 8.78 Å². The Balaban J connectivity index is 2.33. The number of hydrogen-bond acceptors (Lipinski definition) is 1. The van der Waals surface area contributed by atoms with E-state index in [4.69, 9.17) is 7.85 Å². The summed E-state index contributed by atoms with van der Waals surface area (Å²) in [5, 5.41) is 0.226. The number of aldehydes is 1. The zero-order chi connectivity index (χ0) is 14.3. The summed E-state index contributed by atoms with van der Waals surface area (Å²) in [7, 11) is 5.61. The number of carbonyl (C=O) groups excluding carboxylic acids is 1. The van der Waals surface area contributed by atoms with Gasteiger partial charge in [0.05, 0.1) is 11.2 Å². The first-order valence-corrected chi connectivity index (χ1v) is 5.92. The van der Waals surface area contributed by atoms with Crippen LogP contribution in [0.1, 0.15) is 10.4 Å². The molecule has 2 aromatic carbocycles. The van der Waals surface area contributed by atoms with Crippen LogP contribution in [0, 0.1) is 11.6 Å². The summed E-state index contributed by atoms with van der Waals surface area (Å²) in [4.78, 5) is 14.1. The average molecular weight is 267 g/mol. The molecule has 0 atom stereocenters. The van der Waals surface area contributed by atoms with E-state index in [0.717, 1.165) is 12.1 Å². The summed E-state index contributed by atoms with van der Waals surface area (Å²) in [6, 6.07) is 8.68. The number of aromatic amines is 1. The van der Waals surface area contributed by atoms with Gasteiger partial charge >= 0.3 is 0 Å². The average Bonchev–Trinajstić information content (AvgIpc) is 2.78. The Morgan fingerprint density at radius 3 is 2.45 bits per heavy atom. The highest BCUT2D eigenvalue weighted by Crippen LogP contribution is 2.30. The Kier molecular flexibility index (Phi) is 2.90. The van der Waals surface area contributed by atoms with Crippen LogP contribution in [0.25, 0.3) is 22.2 Å². The van der Waals surface area contributed by atoms with E-state index in [1.807, 2.05) is 0 Å². The van der Waals surface area contributed by atoms with Crippen LogP contribution in [-0.2, 0) is 0 Å². The van der Waals surface area contributed by atoms with Gasteiger partial charge in [0.1, 0.15) is 19.5 Å². The van der Waals surface area contributed by atoms with E-state index >= 15 is 0 Å². The molecule has 1 N–H and O–H groups in total. The van der Waals surface area contributed by atoms with Crippen molar-refractivity contribution in [1.82, 2.24) is 4.98 Å². The Labute approximate surface area is 114 Å². The monoisotopic (exact) mass is 267 g/mol. The third kappa shape index (κ3) is 1.91. The lowest BCUT2D eigenvalue weighted by Crippen LogP contribution is -1.99. The Morgan fingerprint density at radius 2 is 1.80 bits per heavy atom. The topological polar surface area (TPSA) is 32.9 Å². The van der Waals surface area contributed by atoms with Crippen LogP contribution in [0.5, 0.6) is 0 Å². The molecule has 0 amide bonds. The molecule has 0 aliphatic rings. The van der Waals surface area contributed by atoms with Crippen molar-refractivity contribution in [2.75, 3.05) is 0 Å². The smallest absolute Gasteiger partial charge is 0.152 e. The van der Waals surface area contributed by atoms with Crippen LogP contribution >= 0.6 is 0 Å². The molecule has 0 spiro atoms. The highest BCUT2D eigenvalue weighted by Gasteiger charge is 2.16. The number of fused-ring (bicyclic) bond motifs is 1. The Hall–Kier alpha value is -2.43. The molecule has 0 unspecified atom stereocenters. The van der Waals surface area contributed by atoms with Gasteiger partial charge in [0.25, 0.3) is 0 Å². The van der Waals surface area contributed by atoms with Crippen molar-refractivity contribution in [3.8, 4) is 11.3 Å². The maximum atomic E-state index is 13.7. The van der Waals surface area contributed by atoms with E-state index in [-0.39, 0.29) is 16.5 Å². The van der Waals surface area contributed by atoms with Crippen LogP contribution in [0.3, 0.4) is 0 Å². The minimum Gasteiger partial charge on any atom is -0.352 e. The lowest BCUT2D eigenvalue weighted by molar-refractivity contribution is 0.112. The van der Waals surface area contributed by atoms with Crippen LogP contribution in [0.2, 0.25) is 0 Å². The molecule has 0 fully saturated rings. The van der Waals surface area contributed by atoms with Gasteiger partial charge in [-0.15, -0.1) is 0 Å². The van der Waals surface area contributed by atoms with Crippen molar-refractivity contribution in [3.05, 3.63) is 53.6 Å². The summed E-state index contributed by atoms with van der Waals surface area (Å²) >= 11 is 0. The molecule has 0 aliphatic carbocycles. The predicted octanol–water partition coefficient (Wildman–Crippen LogP) is 2.72. The number of carbonyl (C=O) groups is 1. The van der Waals surface area contributed by atoms with E-state index in [2.05, 4.69) is 4.98 Å². The second kappa shape index (κ2) is 4.60. The van der Waals surface area contributed by atoms with Crippen LogP contribution in [-0.4, -0.2) is 19.1 Å². The van der Waals surface area contributed by atoms with Gasteiger partial charge in [-0.2, -0.15) is 0 Å². The third-order valence-electron chi connectivity index (χ3n) is 3.18. The SMILES string of the molecule is [B]c1ccc(-c2[nH]c3c(F)cc(F)cc3c2C=O)cc1. The van der Waals surface area contributed by atoms with Crippen molar-refractivity contribution in [3.63, 3.8) is 0 Å². The van der Waals surface area contributed by atoms with Gasteiger partial charge in [-0.1, -0.05) is 29.7 Å². The molecule has 20 heavy (non-hydrogen) atoms. The minimum atomic E-state index is -0.732. The Morgan fingerprint density at radius 1 is 1.10 bits per heavy atom. The van der Waals surface area contributed by atoms with E-state index in [9.17, 15) is 13.6 Å². The van der Waals surface area contributed by atoms with E-state index in [1.54, 1.807) is 24.3 Å². The molecule has 0 saturated heterocycles. The minimum absolute atomic E-state index is 0.111. The number of nitrogens with one attached hydrogen (secondary N) is 1. The van der Waals surface area contributed by atoms with Crippen molar-refractivity contribution < 1.29 is 13.6 Å². The number of hydrogen-bond donors (Lipinski definition) is 1. The molecule has 1 heterocycles. The number of aromatic nitrogens is 1. The van der Waals surface area contributed by atoms with E-state index in [0.29, 0.717) is 23.0 Å². The van der Waals surface area contributed by atoms with Crippen molar-refractivity contribution >= 4 is 30.5 Å². The predicted molar refractivity (Wildman–Crippen MR) is 74.4 cm³/mol. The first kappa shape index (κ1) is 12.6. The van der Waals surface area contributed by atoms with Crippen molar-refractivity contribution in [2.45, 2.75) is 0 Å². The summed E-state index contributed by atoms with van der Waals surface area (Å²) in [5.41, 5.74) is 2.04. The molecule has 3 aromatic rings. The zero-order valence-corrected chi connectivity index (χ0v) is 10.3. The maximum absolute atomic E-state index is 13.7. The lowest BCUT2D eigenvalue weighted by Gasteiger charge is -2.00. The van der Waals surface area contributed by atoms with Gasteiger partial charge in [-0.05, 0) is 11.6 Å². The van der Waals surface area contributed by atoms with Gasteiger partial charge in [-0.25, -0.2) is 8.78 Å². The molecule has 5 heteroatoms. The fourth-order valence-electron chi connectivity index (χ4n) is 2.24. The van der Waals surface area contributed by atoms with Gasteiger partial charge in [0, 0.05) is 17.0 Å². The number of benzene rings is 2. The molecule has 1 aromatic heterocycles. The molecule has 0 saturated carbocycles. The largest absolute Gasteiger partial charge is 0.352 e. The quantitative estimate of drug-likeness (QED) is 0.562. The fourth-order valence-corrected chi connectivity index (χ4v) is 2.24. The number of halogens is 2. The number of rotatable bonds is 2. The van der Waals surface area contributed by atoms with Crippen molar-refractivity contribution in [1.29, 1.82) is 0 Å². The fraction of sp³-hybridized carbons (Fsp3) is 0. The third-order valence-corrected chi connectivity index (χ3v) is 3.18. The van der Waals surface area contributed by atoms with Gasteiger partial charge in [0.15, 0.2) is 6.29 Å². The molecule has 2 nitrogen and oxygen atoms in total. The standard InChI is InChI=1S/C15H8BF2NO/c16-9-3-1-8(2-4-9)14-12(7-20)11-5-10(17)6-13(18)15(11)19-14/h1-7,19H. The molecule has 2 radical (unpaired) electrons. The molecule has 3 rings (SSSR count). The summed E-state index contributed by atoms with van der Waals surface area (Å²) in [5.74, 6) is -1.45. The summed E-state index contributed by atoms with van der Waals surface area (Å²) in [6.07, 6.45) is 0.587. The normalized spacial score (nSPS) is 10.9. The van der Waals surface area contributed by atoms with Gasteiger partial charge < -0.3 is 4.98 Å². The summed E-state index contributed by atoms with van der Waals surface area (Å²) < 4.78 is 27.0. The van der Waals surface area contributed by atoms with Crippen LogP contribution < -0.4 is 5.46 Å². The molecule has 0 bridgehead atoms. The molecule has 0 aliphatic heterocycles. The summed E-state index contributed by atoms with van der Waals surface area (Å²) in [6.45, 7) is 0. The second-order valence-electron chi connectivity index (χ2n) is 4.46. The highest BCUT2D eigenvalue weighted by molar-refractivity contribution is 6.32. The molecule has 96 valence electrons. The first-order chi connectivity index (χ1) is 9.60. The van der Waals surface area contributed by atoms with Gasteiger partial charge in [-0.3, -0.25) is 4.79 Å². The van der Waals surface area contributed by atoms with Crippen molar-refractivity contribution in [2.24, 2.45) is 0 Å². The molecular weight excluding hydrogens is 259 g/mol. The van der Waals surface area contributed by atoms with E-state index < -0.39 is 11.6 Å². The van der Waals surface area contributed by atoms with Gasteiger partial charge in [0.2, 0.25) is 0 Å². The Bertz CT molecular complexity index is 809. The maximum Gasteiger partial charge on any atom is 0.152 e. The van der Waals surface area contributed by atoms with Crippen LogP contribution in [0.15, 0.2) is 36.4 Å².